The highest BCUT2D eigenvalue weighted by atomic mass is 32.1. The molecule has 0 radical (unpaired) electrons. The zero-order valence-electron chi connectivity index (χ0n) is 33.9. The number of hydrogen-bond donors (Lipinski definition) is 0. The first-order valence-corrected chi connectivity index (χ1v) is 22.0. The Bertz CT molecular complexity index is 3850. The minimum atomic E-state index is 0.658. The molecule has 9 aromatic carbocycles. The van der Waals surface area contributed by atoms with Gasteiger partial charge in [0, 0.05) is 69.8 Å². The third kappa shape index (κ3) is 5.73. The van der Waals surface area contributed by atoms with E-state index in [2.05, 4.69) is 161 Å². The van der Waals surface area contributed by atoms with Crippen LogP contribution in [0.1, 0.15) is 0 Å². The lowest BCUT2D eigenvalue weighted by Crippen LogP contribution is -1.99. The summed E-state index contributed by atoms with van der Waals surface area (Å²) in [5.41, 5.74) is 12.3. The molecular formula is C57H35N5S. The van der Waals surface area contributed by atoms with Gasteiger partial charge in [-0.25, -0.2) is 15.0 Å². The molecule has 5 nitrogen and oxygen atoms in total. The lowest BCUT2D eigenvalue weighted by Gasteiger charge is -2.13. The first kappa shape index (κ1) is 35.6. The van der Waals surface area contributed by atoms with Crippen molar-refractivity contribution in [1.82, 2.24) is 24.1 Å². The van der Waals surface area contributed by atoms with Crippen LogP contribution in [0.2, 0.25) is 0 Å². The number of rotatable bonds is 6. The molecule has 0 saturated carbocycles. The van der Waals surface area contributed by atoms with Crippen molar-refractivity contribution in [3.05, 3.63) is 212 Å². The van der Waals surface area contributed by atoms with E-state index in [1.54, 1.807) is 0 Å². The van der Waals surface area contributed by atoms with Gasteiger partial charge in [-0.05, 0) is 59.7 Å². The highest BCUT2D eigenvalue weighted by molar-refractivity contribution is 7.25. The third-order valence-corrected chi connectivity index (χ3v) is 13.5. The van der Waals surface area contributed by atoms with Crippen molar-refractivity contribution in [2.45, 2.75) is 0 Å². The maximum absolute atomic E-state index is 5.01. The van der Waals surface area contributed by atoms with Crippen LogP contribution in [0.25, 0.3) is 120 Å². The molecule has 294 valence electrons. The Balaban J connectivity index is 0.949. The smallest absolute Gasteiger partial charge is 0.164 e. The normalized spacial score (nSPS) is 11.8. The van der Waals surface area contributed by atoms with Gasteiger partial charge in [-0.1, -0.05) is 164 Å². The summed E-state index contributed by atoms with van der Waals surface area (Å²) in [6.07, 6.45) is 0. The van der Waals surface area contributed by atoms with E-state index in [1.165, 1.54) is 74.9 Å². The molecule has 0 atom stereocenters. The molecule has 0 unspecified atom stereocenters. The average molecular weight is 822 g/mol. The minimum Gasteiger partial charge on any atom is -0.307 e. The highest BCUT2D eigenvalue weighted by Gasteiger charge is 2.21. The molecule has 6 heteroatoms. The van der Waals surface area contributed by atoms with Crippen molar-refractivity contribution in [2.24, 2.45) is 0 Å². The number of hydrogen-bond acceptors (Lipinski definition) is 4. The number of fused-ring (bicyclic) bond motifs is 10. The van der Waals surface area contributed by atoms with Crippen molar-refractivity contribution in [3.63, 3.8) is 0 Å². The van der Waals surface area contributed by atoms with Crippen molar-refractivity contribution in [3.8, 4) is 56.7 Å². The van der Waals surface area contributed by atoms with Crippen molar-refractivity contribution in [1.29, 1.82) is 0 Å². The Labute approximate surface area is 366 Å². The van der Waals surface area contributed by atoms with Crippen LogP contribution in [0.4, 0.5) is 0 Å². The summed E-state index contributed by atoms with van der Waals surface area (Å²) in [6.45, 7) is 0. The molecule has 0 aliphatic rings. The number of benzene rings is 9. The van der Waals surface area contributed by atoms with Gasteiger partial charge in [-0.2, -0.15) is 0 Å². The lowest BCUT2D eigenvalue weighted by atomic mass is 10.0. The van der Waals surface area contributed by atoms with E-state index >= 15 is 0 Å². The van der Waals surface area contributed by atoms with Crippen LogP contribution in [0.15, 0.2) is 212 Å². The molecule has 0 amide bonds. The summed E-state index contributed by atoms with van der Waals surface area (Å²) in [4.78, 5) is 14.9. The number of para-hydroxylation sites is 3. The van der Waals surface area contributed by atoms with E-state index in [0.717, 1.165) is 28.1 Å². The van der Waals surface area contributed by atoms with Crippen molar-refractivity contribution < 1.29 is 0 Å². The average Bonchev–Trinajstić information content (AvgIpc) is 4.02. The van der Waals surface area contributed by atoms with E-state index in [-0.39, 0.29) is 0 Å². The highest BCUT2D eigenvalue weighted by Crippen LogP contribution is 2.43. The molecule has 13 aromatic rings. The molecule has 0 N–H and O–H groups in total. The van der Waals surface area contributed by atoms with Gasteiger partial charge >= 0.3 is 0 Å². The molecule has 0 saturated heterocycles. The van der Waals surface area contributed by atoms with Gasteiger partial charge in [0.1, 0.15) is 0 Å². The summed E-state index contributed by atoms with van der Waals surface area (Å²) >= 11 is 1.81. The Morgan fingerprint density at radius 1 is 0.286 bits per heavy atom. The molecular weight excluding hydrogens is 787 g/mol. The van der Waals surface area contributed by atoms with E-state index in [0.29, 0.717) is 17.5 Å². The monoisotopic (exact) mass is 821 g/mol. The van der Waals surface area contributed by atoms with Crippen LogP contribution in [0.5, 0.6) is 0 Å². The molecule has 0 bridgehead atoms. The first-order chi connectivity index (χ1) is 31.2. The summed E-state index contributed by atoms with van der Waals surface area (Å²) < 4.78 is 7.35. The summed E-state index contributed by atoms with van der Waals surface area (Å²) in [7, 11) is 0. The van der Waals surface area contributed by atoms with Gasteiger partial charge in [-0.15, -0.1) is 11.3 Å². The Morgan fingerprint density at radius 3 is 1.29 bits per heavy atom. The van der Waals surface area contributed by atoms with E-state index < -0.39 is 0 Å². The molecule has 0 aliphatic carbocycles. The fourth-order valence-electron chi connectivity index (χ4n) is 9.47. The zero-order valence-corrected chi connectivity index (χ0v) is 34.7. The number of aromatic nitrogens is 5. The Morgan fingerprint density at radius 2 is 0.698 bits per heavy atom. The predicted octanol–water partition coefficient (Wildman–Crippen LogP) is 15.1. The van der Waals surface area contributed by atoms with Gasteiger partial charge in [0.25, 0.3) is 0 Å². The molecule has 0 fully saturated rings. The summed E-state index contributed by atoms with van der Waals surface area (Å²) in [6, 6.07) is 75.7. The van der Waals surface area contributed by atoms with Gasteiger partial charge in [0.2, 0.25) is 0 Å². The van der Waals surface area contributed by atoms with Gasteiger partial charge < -0.3 is 9.13 Å². The van der Waals surface area contributed by atoms with Gasteiger partial charge in [0.15, 0.2) is 17.5 Å². The second-order valence-electron chi connectivity index (χ2n) is 16.0. The van der Waals surface area contributed by atoms with Crippen LogP contribution < -0.4 is 0 Å². The Hall–Kier alpha value is -8.19. The van der Waals surface area contributed by atoms with Crippen molar-refractivity contribution in [2.75, 3.05) is 0 Å². The SMILES string of the molecule is c1ccc(-c2nc(-c3ccccc3)nc(-c3ccc4c(c3)sc3cc(-c5cccc(-n6c7ccccc7c7ccc8c9ccccc9n(-c9ccccc9)c8c76)c5)ccc34)n2)cc1. The largest absolute Gasteiger partial charge is 0.307 e. The standard InChI is InChI=1S/C57H35N5S/c1-4-15-36(16-5-1)55-58-56(37-17-6-2-7-18-37)60-57(59-55)40-28-30-46-45-29-27-39(34-51(45)63-52(46)35-40)38-19-14-22-42(33-38)62-50-26-13-11-24-44(50)48-32-31-47-43-23-10-12-25-49(43)61(53(47)54(48)62)41-20-8-3-9-21-41/h1-35H. The molecule has 4 heterocycles. The topological polar surface area (TPSA) is 48.5 Å². The van der Waals surface area contributed by atoms with Crippen LogP contribution in [0.3, 0.4) is 0 Å². The second-order valence-corrected chi connectivity index (χ2v) is 17.1. The third-order valence-electron chi connectivity index (χ3n) is 12.4. The van der Waals surface area contributed by atoms with Crippen molar-refractivity contribution >= 4 is 75.1 Å². The summed E-state index contributed by atoms with van der Waals surface area (Å²) in [5.74, 6) is 1.98. The predicted molar refractivity (Wildman–Crippen MR) is 263 cm³/mol. The van der Waals surface area contributed by atoms with E-state index in [4.69, 9.17) is 15.0 Å². The zero-order chi connectivity index (χ0) is 41.4. The van der Waals surface area contributed by atoms with Gasteiger partial charge in [-0.3, -0.25) is 0 Å². The second kappa shape index (κ2) is 14.2. The molecule has 63 heavy (non-hydrogen) atoms. The van der Waals surface area contributed by atoms with Crippen LogP contribution in [0, 0.1) is 0 Å². The fraction of sp³-hybridized carbons (Fsp3) is 0. The maximum Gasteiger partial charge on any atom is 0.164 e. The fourth-order valence-corrected chi connectivity index (χ4v) is 10.7. The van der Waals surface area contributed by atoms with Gasteiger partial charge in [0.05, 0.1) is 22.1 Å². The first-order valence-electron chi connectivity index (χ1n) is 21.2. The van der Waals surface area contributed by atoms with Crippen LogP contribution in [-0.2, 0) is 0 Å². The number of nitrogens with zero attached hydrogens (tertiary/aromatic N) is 5. The number of thiophene rings is 1. The lowest BCUT2D eigenvalue weighted by molar-refractivity contribution is 1.07. The molecule has 13 rings (SSSR count). The Kier molecular flexibility index (Phi) is 8.01. The molecule has 0 aliphatic heterocycles. The summed E-state index contributed by atoms with van der Waals surface area (Å²) in [5, 5.41) is 7.42. The van der Waals surface area contributed by atoms with Crippen LogP contribution in [-0.4, -0.2) is 24.1 Å². The maximum atomic E-state index is 5.01. The molecule has 4 aromatic heterocycles. The quantitative estimate of drug-likeness (QED) is 0.168. The minimum absolute atomic E-state index is 0.658. The molecule has 0 spiro atoms. The van der Waals surface area contributed by atoms with E-state index in [9.17, 15) is 0 Å². The van der Waals surface area contributed by atoms with Crippen LogP contribution >= 0.6 is 11.3 Å². The van der Waals surface area contributed by atoms with E-state index in [1.807, 2.05) is 72.0 Å².